The molecule has 0 saturated carbocycles. The molecule has 0 spiro atoms. The van der Waals surface area contributed by atoms with Gasteiger partial charge in [-0.2, -0.15) is 4.31 Å². The lowest BCUT2D eigenvalue weighted by Gasteiger charge is -2.31. The summed E-state index contributed by atoms with van der Waals surface area (Å²) in [5.74, 6) is 0.404. The van der Waals surface area contributed by atoms with Gasteiger partial charge in [-0.05, 0) is 39.2 Å². The van der Waals surface area contributed by atoms with Crippen molar-refractivity contribution in [3.8, 4) is 11.5 Å². The highest BCUT2D eigenvalue weighted by Gasteiger charge is 2.37. The molecule has 0 aliphatic carbocycles. The molecule has 0 unspecified atom stereocenters. The summed E-state index contributed by atoms with van der Waals surface area (Å²) in [5.41, 5.74) is 0.656. The maximum atomic E-state index is 12.6. The van der Waals surface area contributed by atoms with Crippen LogP contribution in [0.1, 0.15) is 38.7 Å². The Hall–Kier alpha value is -1.60. The summed E-state index contributed by atoms with van der Waals surface area (Å²) in [6, 6.07) is 4.69. The molecule has 0 bridgehead atoms. The van der Waals surface area contributed by atoms with Crippen LogP contribution in [0.5, 0.6) is 11.5 Å². The molecule has 0 N–H and O–H groups in total. The first-order chi connectivity index (χ1) is 11.2. The second kappa shape index (κ2) is 6.04. The van der Waals surface area contributed by atoms with E-state index >= 15 is 0 Å². The number of fused-ring (bicyclic) bond motifs is 1. The Labute approximate surface area is 142 Å². The molecule has 1 aromatic carbocycles. The van der Waals surface area contributed by atoms with Crippen molar-refractivity contribution in [3.63, 3.8) is 0 Å². The average Bonchev–Trinajstić information content (AvgIpc) is 2.81. The summed E-state index contributed by atoms with van der Waals surface area (Å²) in [4.78, 5) is 12.6. The van der Waals surface area contributed by atoms with Crippen LogP contribution in [0.3, 0.4) is 0 Å². The fraction of sp³-hybridized carbons (Fsp3) is 0.588. The molecule has 1 atom stereocenters. The zero-order valence-corrected chi connectivity index (χ0v) is 15.1. The molecule has 24 heavy (non-hydrogen) atoms. The SMILES string of the molecule is CC1(C)Cc2cccc(OC(=O)[C@H]3CCCCN3S(C)(=O)=O)c2O1. The first-order valence-electron chi connectivity index (χ1n) is 8.17. The minimum Gasteiger partial charge on any atom is -0.483 e. The Kier molecular flexibility index (Phi) is 4.34. The normalized spacial score (nSPS) is 23.4. The average molecular weight is 353 g/mol. The Morgan fingerprint density at radius 1 is 1.33 bits per heavy atom. The van der Waals surface area contributed by atoms with Crippen LogP contribution in [-0.2, 0) is 21.2 Å². The molecule has 3 rings (SSSR count). The Bertz CT molecular complexity index is 756. The van der Waals surface area contributed by atoms with Crippen LogP contribution < -0.4 is 9.47 Å². The van der Waals surface area contributed by atoms with E-state index < -0.39 is 22.0 Å². The number of esters is 1. The lowest BCUT2D eigenvalue weighted by molar-refractivity contribution is -0.139. The molecule has 2 aliphatic heterocycles. The number of hydrogen-bond acceptors (Lipinski definition) is 5. The molecule has 0 radical (unpaired) electrons. The van der Waals surface area contributed by atoms with Crippen LogP contribution >= 0.6 is 0 Å². The van der Waals surface area contributed by atoms with Crippen molar-refractivity contribution in [3.05, 3.63) is 23.8 Å². The standard InChI is InChI=1S/C17H23NO5S/c1-17(2)11-12-7-6-9-14(15(12)23-17)22-16(19)13-8-4-5-10-18(13)24(3,20)21/h6-7,9,13H,4-5,8,10-11H2,1-3H3/t13-/m1/s1. The quantitative estimate of drug-likeness (QED) is 0.615. The van der Waals surface area contributed by atoms with Crippen LogP contribution in [0.15, 0.2) is 18.2 Å². The maximum absolute atomic E-state index is 12.6. The minimum atomic E-state index is -3.44. The number of ether oxygens (including phenoxy) is 2. The van der Waals surface area contributed by atoms with Crippen molar-refractivity contribution in [2.45, 2.75) is 51.2 Å². The number of piperidine rings is 1. The van der Waals surface area contributed by atoms with Crippen LogP contribution in [0.4, 0.5) is 0 Å². The third kappa shape index (κ3) is 3.42. The first-order valence-corrected chi connectivity index (χ1v) is 10.0. The Morgan fingerprint density at radius 2 is 2.08 bits per heavy atom. The number of para-hydroxylation sites is 1. The number of sulfonamides is 1. The second-order valence-corrected chi connectivity index (χ2v) is 9.02. The molecule has 2 heterocycles. The van der Waals surface area contributed by atoms with Gasteiger partial charge in [0.05, 0.1) is 6.26 Å². The van der Waals surface area contributed by atoms with Gasteiger partial charge in [0.25, 0.3) is 0 Å². The minimum absolute atomic E-state index is 0.339. The predicted molar refractivity (Wildman–Crippen MR) is 89.7 cm³/mol. The molecule has 0 aromatic heterocycles. The van der Waals surface area contributed by atoms with Crippen LogP contribution in [0.2, 0.25) is 0 Å². The third-order valence-electron chi connectivity index (χ3n) is 4.42. The number of hydrogen-bond donors (Lipinski definition) is 0. The van der Waals surface area contributed by atoms with E-state index in [0.29, 0.717) is 24.5 Å². The largest absolute Gasteiger partial charge is 0.483 e. The van der Waals surface area contributed by atoms with Gasteiger partial charge in [-0.1, -0.05) is 12.1 Å². The molecule has 7 heteroatoms. The number of benzene rings is 1. The van der Waals surface area contributed by atoms with E-state index in [1.807, 2.05) is 26.0 Å². The summed E-state index contributed by atoms with van der Waals surface area (Å²) < 4.78 is 36.5. The number of rotatable bonds is 3. The summed E-state index contributed by atoms with van der Waals surface area (Å²) >= 11 is 0. The smallest absolute Gasteiger partial charge is 0.329 e. The highest BCUT2D eigenvalue weighted by Crippen LogP contribution is 2.42. The monoisotopic (exact) mass is 353 g/mol. The molecule has 6 nitrogen and oxygen atoms in total. The van der Waals surface area contributed by atoms with E-state index in [1.54, 1.807) is 6.07 Å². The summed E-state index contributed by atoms with van der Waals surface area (Å²) in [7, 11) is -3.44. The maximum Gasteiger partial charge on any atom is 0.329 e. The van der Waals surface area contributed by atoms with E-state index in [-0.39, 0.29) is 5.60 Å². The molecule has 0 amide bonds. The molecule has 1 aromatic rings. The summed E-state index contributed by atoms with van der Waals surface area (Å²) in [5, 5.41) is 0. The number of nitrogens with zero attached hydrogens (tertiary/aromatic N) is 1. The van der Waals surface area contributed by atoms with E-state index in [0.717, 1.165) is 31.1 Å². The summed E-state index contributed by atoms with van der Waals surface area (Å²) in [6.07, 6.45) is 3.92. The Balaban J connectivity index is 1.82. The molecule has 2 aliphatic rings. The van der Waals surface area contributed by atoms with Crippen molar-refractivity contribution in [2.75, 3.05) is 12.8 Å². The van der Waals surface area contributed by atoms with E-state index in [2.05, 4.69) is 0 Å². The summed E-state index contributed by atoms with van der Waals surface area (Å²) in [6.45, 7) is 4.31. The first kappa shape index (κ1) is 17.2. The molecule has 1 fully saturated rings. The van der Waals surface area contributed by atoms with Gasteiger partial charge >= 0.3 is 5.97 Å². The lowest BCUT2D eigenvalue weighted by atomic mass is 10.0. The van der Waals surface area contributed by atoms with Gasteiger partial charge in [0, 0.05) is 18.5 Å². The van der Waals surface area contributed by atoms with Crippen LogP contribution in [0, 0.1) is 0 Å². The second-order valence-electron chi connectivity index (χ2n) is 7.09. The molecule has 132 valence electrons. The number of carbonyl (C=O) groups excluding carboxylic acids is 1. The fourth-order valence-corrected chi connectivity index (χ4v) is 4.50. The van der Waals surface area contributed by atoms with Gasteiger partial charge in [-0.15, -0.1) is 0 Å². The van der Waals surface area contributed by atoms with Crippen molar-refractivity contribution in [1.82, 2.24) is 4.31 Å². The molecular formula is C17H23NO5S. The van der Waals surface area contributed by atoms with Crippen molar-refractivity contribution in [1.29, 1.82) is 0 Å². The predicted octanol–water partition coefficient (Wildman–Crippen LogP) is 2.12. The Morgan fingerprint density at radius 3 is 2.79 bits per heavy atom. The van der Waals surface area contributed by atoms with Gasteiger partial charge in [-0.25, -0.2) is 13.2 Å². The zero-order valence-electron chi connectivity index (χ0n) is 14.2. The topological polar surface area (TPSA) is 72.9 Å². The van der Waals surface area contributed by atoms with E-state index in [9.17, 15) is 13.2 Å². The van der Waals surface area contributed by atoms with E-state index in [1.165, 1.54) is 4.31 Å². The van der Waals surface area contributed by atoms with Gasteiger partial charge in [0.15, 0.2) is 11.5 Å². The van der Waals surface area contributed by atoms with Crippen molar-refractivity contribution in [2.24, 2.45) is 0 Å². The van der Waals surface area contributed by atoms with Crippen molar-refractivity contribution < 1.29 is 22.7 Å². The van der Waals surface area contributed by atoms with Crippen LogP contribution in [-0.4, -0.2) is 43.1 Å². The fourth-order valence-electron chi connectivity index (χ4n) is 3.38. The van der Waals surface area contributed by atoms with Crippen molar-refractivity contribution >= 4 is 16.0 Å². The highest BCUT2D eigenvalue weighted by molar-refractivity contribution is 7.88. The van der Waals surface area contributed by atoms with E-state index in [4.69, 9.17) is 9.47 Å². The third-order valence-corrected chi connectivity index (χ3v) is 5.71. The van der Waals surface area contributed by atoms with Gasteiger partial charge in [0.1, 0.15) is 11.6 Å². The molecule has 1 saturated heterocycles. The zero-order chi connectivity index (χ0) is 17.5. The van der Waals surface area contributed by atoms with Gasteiger partial charge in [0.2, 0.25) is 10.0 Å². The van der Waals surface area contributed by atoms with Gasteiger partial charge in [-0.3, -0.25) is 0 Å². The number of carbonyl (C=O) groups is 1. The highest BCUT2D eigenvalue weighted by atomic mass is 32.2. The van der Waals surface area contributed by atoms with Crippen LogP contribution in [0.25, 0.3) is 0 Å². The molecular weight excluding hydrogens is 330 g/mol. The lowest BCUT2D eigenvalue weighted by Crippen LogP contribution is -2.48. The van der Waals surface area contributed by atoms with Gasteiger partial charge < -0.3 is 9.47 Å².